The number of nitrogens with one attached hydrogen (secondary N) is 1. The molecule has 1 unspecified atom stereocenters. The van der Waals surface area contributed by atoms with Gasteiger partial charge in [0, 0.05) is 43.7 Å². The van der Waals surface area contributed by atoms with Crippen molar-refractivity contribution in [2.24, 2.45) is 5.92 Å². The second kappa shape index (κ2) is 8.11. The van der Waals surface area contributed by atoms with Crippen molar-refractivity contribution in [3.63, 3.8) is 0 Å². The van der Waals surface area contributed by atoms with Gasteiger partial charge in [-0.25, -0.2) is 0 Å². The minimum Gasteiger partial charge on any atom is -0.349 e. The Morgan fingerprint density at radius 2 is 1.81 bits per heavy atom. The van der Waals surface area contributed by atoms with Gasteiger partial charge in [-0.2, -0.15) is 0 Å². The van der Waals surface area contributed by atoms with Gasteiger partial charge in [0.1, 0.15) is 0 Å². The van der Waals surface area contributed by atoms with Gasteiger partial charge < -0.3 is 15.1 Å². The molecule has 0 aromatic heterocycles. The molecule has 1 N–H and O–H groups in total. The summed E-state index contributed by atoms with van der Waals surface area (Å²) in [7, 11) is 0. The molecule has 1 aromatic rings. The van der Waals surface area contributed by atoms with Crippen LogP contribution in [0, 0.1) is 12.8 Å². The van der Waals surface area contributed by atoms with Gasteiger partial charge in [-0.1, -0.05) is 18.2 Å². The SMILES string of the molecule is Cc1ccccc1C(=O)NC1CCN(C(=O)C2CC(=O)N(C(C)C)C2)CC1. The van der Waals surface area contributed by atoms with E-state index in [2.05, 4.69) is 5.32 Å². The summed E-state index contributed by atoms with van der Waals surface area (Å²) in [6.07, 6.45) is 1.82. The highest BCUT2D eigenvalue weighted by atomic mass is 16.2. The number of rotatable bonds is 4. The Balaban J connectivity index is 1.50. The van der Waals surface area contributed by atoms with Crippen molar-refractivity contribution in [1.29, 1.82) is 0 Å². The number of benzene rings is 1. The maximum absolute atomic E-state index is 12.8. The predicted octanol–water partition coefficient (Wildman–Crippen LogP) is 1.97. The Morgan fingerprint density at radius 1 is 1.15 bits per heavy atom. The fraction of sp³-hybridized carbons (Fsp3) is 0.571. The van der Waals surface area contributed by atoms with Crippen LogP contribution in [-0.4, -0.2) is 59.2 Å². The Labute approximate surface area is 160 Å². The maximum Gasteiger partial charge on any atom is 0.251 e. The predicted molar refractivity (Wildman–Crippen MR) is 103 cm³/mol. The number of nitrogens with zero attached hydrogens (tertiary/aromatic N) is 2. The highest BCUT2D eigenvalue weighted by Gasteiger charge is 2.38. The molecule has 2 aliphatic heterocycles. The zero-order chi connectivity index (χ0) is 19.6. The zero-order valence-electron chi connectivity index (χ0n) is 16.4. The Morgan fingerprint density at radius 3 is 2.41 bits per heavy atom. The summed E-state index contributed by atoms with van der Waals surface area (Å²) in [4.78, 5) is 40.9. The fourth-order valence-corrected chi connectivity index (χ4v) is 3.99. The van der Waals surface area contributed by atoms with E-state index in [1.54, 1.807) is 4.90 Å². The second-order valence-electron chi connectivity index (χ2n) is 7.93. The summed E-state index contributed by atoms with van der Waals surface area (Å²) in [6.45, 7) is 7.67. The summed E-state index contributed by atoms with van der Waals surface area (Å²) in [5, 5.41) is 3.09. The molecule has 0 saturated carbocycles. The van der Waals surface area contributed by atoms with Gasteiger partial charge in [-0.3, -0.25) is 14.4 Å². The van der Waals surface area contributed by atoms with Crippen molar-refractivity contribution in [2.75, 3.05) is 19.6 Å². The molecule has 1 atom stereocenters. The number of aryl methyl sites for hydroxylation is 1. The van der Waals surface area contributed by atoms with Crippen LogP contribution in [0.1, 0.15) is 49.0 Å². The smallest absolute Gasteiger partial charge is 0.251 e. The third-order valence-corrected chi connectivity index (χ3v) is 5.66. The quantitative estimate of drug-likeness (QED) is 0.880. The lowest BCUT2D eigenvalue weighted by Gasteiger charge is -2.34. The molecule has 0 spiro atoms. The highest BCUT2D eigenvalue weighted by Crippen LogP contribution is 2.24. The molecule has 6 nitrogen and oxygen atoms in total. The van der Waals surface area contributed by atoms with Gasteiger partial charge in [-0.15, -0.1) is 0 Å². The van der Waals surface area contributed by atoms with Crippen molar-refractivity contribution in [3.8, 4) is 0 Å². The van der Waals surface area contributed by atoms with Crippen LogP contribution >= 0.6 is 0 Å². The van der Waals surface area contributed by atoms with E-state index in [-0.39, 0.29) is 35.7 Å². The standard InChI is InChI=1S/C21H29N3O3/c1-14(2)24-13-16(12-19(24)25)21(27)23-10-8-17(9-11-23)22-20(26)18-7-5-4-6-15(18)3/h4-7,14,16-17H,8-13H2,1-3H3,(H,22,26). The molecule has 2 heterocycles. The minimum atomic E-state index is -0.224. The van der Waals surface area contributed by atoms with Gasteiger partial charge in [0.15, 0.2) is 0 Å². The monoisotopic (exact) mass is 371 g/mol. The lowest BCUT2D eigenvalue weighted by molar-refractivity contribution is -0.136. The van der Waals surface area contributed by atoms with Crippen molar-refractivity contribution >= 4 is 17.7 Å². The van der Waals surface area contributed by atoms with Crippen LogP contribution in [0.3, 0.4) is 0 Å². The highest BCUT2D eigenvalue weighted by molar-refractivity contribution is 5.95. The summed E-state index contributed by atoms with van der Waals surface area (Å²) in [5.74, 6) is -0.122. The molecule has 2 fully saturated rings. The van der Waals surface area contributed by atoms with Crippen LogP contribution in [-0.2, 0) is 9.59 Å². The number of amides is 3. The van der Waals surface area contributed by atoms with Crippen molar-refractivity contribution in [3.05, 3.63) is 35.4 Å². The first-order valence-corrected chi connectivity index (χ1v) is 9.81. The first-order valence-electron chi connectivity index (χ1n) is 9.81. The van der Waals surface area contributed by atoms with Crippen LogP contribution in [0.5, 0.6) is 0 Å². The Kier molecular flexibility index (Phi) is 5.82. The molecule has 0 radical (unpaired) electrons. The molecular formula is C21H29N3O3. The third-order valence-electron chi connectivity index (χ3n) is 5.66. The van der Waals surface area contributed by atoms with Gasteiger partial charge in [0.25, 0.3) is 5.91 Å². The average molecular weight is 371 g/mol. The van der Waals surface area contributed by atoms with Gasteiger partial charge in [0.2, 0.25) is 11.8 Å². The van der Waals surface area contributed by atoms with E-state index in [1.807, 2.05) is 49.9 Å². The zero-order valence-corrected chi connectivity index (χ0v) is 16.4. The molecule has 6 heteroatoms. The summed E-state index contributed by atoms with van der Waals surface area (Å²) in [5.41, 5.74) is 1.66. The van der Waals surface area contributed by atoms with Gasteiger partial charge in [-0.05, 0) is 45.2 Å². The van der Waals surface area contributed by atoms with E-state index in [9.17, 15) is 14.4 Å². The minimum absolute atomic E-state index is 0.0492. The summed E-state index contributed by atoms with van der Waals surface area (Å²) >= 11 is 0. The molecule has 0 bridgehead atoms. The molecule has 3 rings (SSSR count). The van der Waals surface area contributed by atoms with E-state index in [0.717, 1.165) is 18.4 Å². The summed E-state index contributed by atoms with van der Waals surface area (Å²) in [6, 6.07) is 7.77. The molecule has 1 aromatic carbocycles. The number of carbonyl (C=O) groups excluding carboxylic acids is 3. The molecule has 27 heavy (non-hydrogen) atoms. The van der Waals surface area contributed by atoms with E-state index >= 15 is 0 Å². The van der Waals surface area contributed by atoms with E-state index < -0.39 is 0 Å². The van der Waals surface area contributed by atoms with Crippen LogP contribution in [0.25, 0.3) is 0 Å². The summed E-state index contributed by atoms with van der Waals surface area (Å²) < 4.78 is 0. The molecular weight excluding hydrogens is 342 g/mol. The molecule has 2 saturated heterocycles. The van der Waals surface area contributed by atoms with Crippen molar-refractivity contribution in [2.45, 2.75) is 52.1 Å². The van der Waals surface area contributed by atoms with Gasteiger partial charge in [0.05, 0.1) is 5.92 Å². The van der Waals surface area contributed by atoms with Crippen LogP contribution in [0.4, 0.5) is 0 Å². The van der Waals surface area contributed by atoms with Crippen LogP contribution in [0.2, 0.25) is 0 Å². The number of carbonyl (C=O) groups is 3. The lowest BCUT2D eigenvalue weighted by Crippen LogP contribution is -2.48. The van der Waals surface area contributed by atoms with Crippen LogP contribution in [0.15, 0.2) is 24.3 Å². The van der Waals surface area contributed by atoms with Gasteiger partial charge >= 0.3 is 0 Å². The largest absolute Gasteiger partial charge is 0.349 e. The van der Waals surface area contributed by atoms with E-state index in [1.165, 1.54) is 0 Å². The third kappa shape index (κ3) is 4.31. The number of piperidine rings is 1. The lowest BCUT2D eigenvalue weighted by atomic mass is 10.0. The fourth-order valence-electron chi connectivity index (χ4n) is 3.99. The Hall–Kier alpha value is -2.37. The molecule has 3 amide bonds. The molecule has 2 aliphatic rings. The second-order valence-corrected chi connectivity index (χ2v) is 7.93. The topological polar surface area (TPSA) is 69.7 Å². The van der Waals surface area contributed by atoms with E-state index in [0.29, 0.717) is 31.6 Å². The first kappa shape index (κ1) is 19.4. The molecule has 146 valence electrons. The normalized spacial score (nSPS) is 21.0. The molecule has 0 aliphatic carbocycles. The number of likely N-dealkylation sites (tertiary alicyclic amines) is 2. The average Bonchev–Trinajstić information content (AvgIpc) is 3.04. The number of hydrogen-bond acceptors (Lipinski definition) is 3. The number of hydrogen-bond donors (Lipinski definition) is 1. The van der Waals surface area contributed by atoms with Crippen molar-refractivity contribution in [1.82, 2.24) is 15.1 Å². The maximum atomic E-state index is 12.8. The Bertz CT molecular complexity index is 723. The van der Waals surface area contributed by atoms with Crippen LogP contribution < -0.4 is 5.32 Å². The van der Waals surface area contributed by atoms with E-state index in [4.69, 9.17) is 0 Å². The first-order chi connectivity index (χ1) is 12.9. The van der Waals surface area contributed by atoms with Crippen molar-refractivity contribution < 1.29 is 14.4 Å².